The number of amides is 2. The molecule has 0 heterocycles. The van der Waals surface area contributed by atoms with Crippen molar-refractivity contribution in [3.8, 4) is 0 Å². The van der Waals surface area contributed by atoms with Gasteiger partial charge in [-0.25, -0.2) is 0 Å². The molecule has 0 aliphatic heterocycles. The minimum atomic E-state index is -0.00515. The molecule has 26 heavy (non-hydrogen) atoms. The van der Waals surface area contributed by atoms with Crippen molar-refractivity contribution in [2.24, 2.45) is 23.2 Å². The summed E-state index contributed by atoms with van der Waals surface area (Å²) in [6, 6.07) is 0.308. The van der Waals surface area contributed by atoms with Crippen molar-refractivity contribution in [3.05, 3.63) is 0 Å². The van der Waals surface area contributed by atoms with Crippen LogP contribution in [-0.4, -0.2) is 24.4 Å². The molecule has 2 N–H and O–H groups in total. The van der Waals surface area contributed by atoms with Crippen LogP contribution in [0.15, 0.2) is 0 Å². The summed E-state index contributed by atoms with van der Waals surface area (Å²) < 4.78 is 0. The van der Waals surface area contributed by atoms with Crippen LogP contribution in [0.5, 0.6) is 0 Å². The molecule has 5 aliphatic carbocycles. The van der Waals surface area contributed by atoms with Crippen molar-refractivity contribution in [1.29, 1.82) is 0 Å². The summed E-state index contributed by atoms with van der Waals surface area (Å²) >= 11 is 0. The lowest BCUT2D eigenvalue weighted by atomic mass is 9.49. The van der Waals surface area contributed by atoms with Gasteiger partial charge >= 0.3 is 0 Å². The van der Waals surface area contributed by atoms with E-state index >= 15 is 0 Å². The van der Waals surface area contributed by atoms with Gasteiger partial charge in [0.05, 0.1) is 6.54 Å². The number of rotatable bonds is 5. The molecule has 0 aromatic carbocycles. The van der Waals surface area contributed by atoms with Crippen LogP contribution in [0.4, 0.5) is 0 Å². The second-order valence-corrected chi connectivity index (χ2v) is 9.98. The maximum Gasteiger partial charge on any atom is 0.239 e. The smallest absolute Gasteiger partial charge is 0.239 e. The Labute approximate surface area is 158 Å². The van der Waals surface area contributed by atoms with Crippen LogP contribution < -0.4 is 10.6 Å². The summed E-state index contributed by atoms with van der Waals surface area (Å²) in [5, 5.41) is 6.07. The SMILES string of the molecule is O=C(CC12CC3CC(CC(C3)C1)C2)NCC(=O)NC1CCCCCCC1. The lowest BCUT2D eigenvalue weighted by Crippen LogP contribution is -2.49. The molecule has 0 unspecified atom stereocenters. The van der Waals surface area contributed by atoms with Gasteiger partial charge in [0.25, 0.3) is 0 Å². The molecule has 0 spiro atoms. The highest BCUT2D eigenvalue weighted by Gasteiger charge is 2.51. The summed E-state index contributed by atoms with van der Waals surface area (Å²) in [6.07, 6.45) is 17.1. The average molecular weight is 361 g/mol. The summed E-state index contributed by atoms with van der Waals surface area (Å²) in [5.74, 6) is 2.71. The summed E-state index contributed by atoms with van der Waals surface area (Å²) in [5.41, 5.74) is 0.259. The zero-order valence-electron chi connectivity index (χ0n) is 16.2. The third-order valence-electron chi connectivity index (χ3n) is 7.62. The van der Waals surface area contributed by atoms with Gasteiger partial charge in [0.15, 0.2) is 0 Å². The van der Waals surface area contributed by atoms with E-state index in [1.165, 1.54) is 70.6 Å². The van der Waals surface area contributed by atoms with Crippen molar-refractivity contribution in [2.75, 3.05) is 6.54 Å². The molecular weight excluding hydrogens is 324 g/mol. The molecule has 4 heteroatoms. The molecule has 5 aliphatic rings. The van der Waals surface area contributed by atoms with Crippen LogP contribution in [-0.2, 0) is 9.59 Å². The van der Waals surface area contributed by atoms with Gasteiger partial charge in [-0.1, -0.05) is 32.1 Å². The average Bonchev–Trinajstić information content (AvgIpc) is 2.53. The summed E-state index contributed by atoms with van der Waals surface area (Å²) in [7, 11) is 0. The monoisotopic (exact) mass is 360 g/mol. The van der Waals surface area contributed by atoms with Crippen LogP contribution in [0.25, 0.3) is 0 Å². The number of hydrogen-bond acceptors (Lipinski definition) is 2. The Morgan fingerprint density at radius 1 is 0.769 bits per heavy atom. The molecule has 5 rings (SSSR count). The van der Waals surface area contributed by atoms with Crippen LogP contribution in [0, 0.1) is 23.2 Å². The van der Waals surface area contributed by atoms with Crippen molar-refractivity contribution >= 4 is 11.8 Å². The fourth-order valence-electron chi connectivity index (χ4n) is 6.97. The van der Waals surface area contributed by atoms with E-state index in [4.69, 9.17) is 0 Å². The van der Waals surface area contributed by atoms with E-state index in [1.54, 1.807) is 0 Å². The summed E-state index contributed by atoms with van der Waals surface area (Å²) in [4.78, 5) is 24.8. The zero-order chi connectivity index (χ0) is 18.0. The maximum absolute atomic E-state index is 12.5. The van der Waals surface area contributed by atoms with Gasteiger partial charge in [0, 0.05) is 12.5 Å². The quantitative estimate of drug-likeness (QED) is 0.780. The molecule has 0 aromatic heterocycles. The fraction of sp³-hybridized carbons (Fsp3) is 0.909. The zero-order valence-corrected chi connectivity index (χ0v) is 16.2. The van der Waals surface area contributed by atoms with Gasteiger partial charge in [-0.2, -0.15) is 0 Å². The Balaban J connectivity index is 1.21. The maximum atomic E-state index is 12.5. The third-order valence-corrected chi connectivity index (χ3v) is 7.62. The molecule has 5 fully saturated rings. The topological polar surface area (TPSA) is 58.2 Å². The molecule has 0 atom stereocenters. The van der Waals surface area contributed by atoms with E-state index in [0.717, 1.165) is 30.6 Å². The first-order chi connectivity index (χ1) is 12.6. The first-order valence-corrected chi connectivity index (χ1v) is 11.2. The van der Waals surface area contributed by atoms with E-state index in [2.05, 4.69) is 10.6 Å². The predicted octanol–water partition coefficient (Wildman–Crippen LogP) is 3.94. The van der Waals surface area contributed by atoms with Gasteiger partial charge in [-0.15, -0.1) is 0 Å². The molecule has 4 nitrogen and oxygen atoms in total. The first-order valence-electron chi connectivity index (χ1n) is 11.2. The van der Waals surface area contributed by atoms with Crippen LogP contribution in [0.1, 0.15) is 89.9 Å². The molecule has 0 radical (unpaired) electrons. The normalized spacial score (nSPS) is 37.0. The highest BCUT2D eigenvalue weighted by molar-refractivity contribution is 5.85. The Morgan fingerprint density at radius 3 is 1.88 bits per heavy atom. The van der Waals surface area contributed by atoms with Crippen molar-refractivity contribution in [1.82, 2.24) is 10.6 Å². The van der Waals surface area contributed by atoms with E-state index in [0.29, 0.717) is 12.5 Å². The van der Waals surface area contributed by atoms with Crippen molar-refractivity contribution < 1.29 is 9.59 Å². The molecule has 146 valence electrons. The molecular formula is C22H36N2O2. The fourth-order valence-corrected chi connectivity index (χ4v) is 6.97. The predicted molar refractivity (Wildman–Crippen MR) is 102 cm³/mol. The van der Waals surface area contributed by atoms with Gasteiger partial charge in [-0.3, -0.25) is 9.59 Å². The van der Waals surface area contributed by atoms with E-state index < -0.39 is 0 Å². The second-order valence-electron chi connectivity index (χ2n) is 9.98. The summed E-state index contributed by atoms with van der Waals surface area (Å²) in [6.45, 7) is 0.154. The van der Waals surface area contributed by atoms with Crippen LogP contribution in [0.2, 0.25) is 0 Å². The number of hydrogen-bond donors (Lipinski definition) is 2. The van der Waals surface area contributed by atoms with Gasteiger partial charge in [0.1, 0.15) is 0 Å². The first kappa shape index (κ1) is 18.3. The number of carbonyl (C=O) groups excluding carboxylic acids is 2. The van der Waals surface area contributed by atoms with Crippen molar-refractivity contribution in [3.63, 3.8) is 0 Å². The highest BCUT2D eigenvalue weighted by Crippen LogP contribution is 2.61. The Morgan fingerprint density at radius 2 is 1.31 bits per heavy atom. The van der Waals surface area contributed by atoms with Crippen LogP contribution in [0.3, 0.4) is 0 Å². The molecule has 0 aromatic rings. The number of nitrogens with one attached hydrogen (secondary N) is 2. The Hall–Kier alpha value is -1.06. The van der Waals surface area contributed by atoms with Crippen LogP contribution >= 0.6 is 0 Å². The molecule has 5 saturated carbocycles. The van der Waals surface area contributed by atoms with E-state index in [-0.39, 0.29) is 23.8 Å². The standard InChI is InChI=1S/C22H36N2O2/c25-20(14-22-11-16-8-17(12-22)10-18(9-16)13-22)23-15-21(26)24-19-6-4-2-1-3-5-7-19/h16-19H,1-15H2,(H,23,25)(H,24,26). The third kappa shape index (κ3) is 4.43. The van der Waals surface area contributed by atoms with E-state index in [1.807, 2.05) is 0 Å². The molecule has 4 bridgehead atoms. The molecule has 0 saturated heterocycles. The van der Waals surface area contributed by atoms with Crippen molar-refractivity contribution in [2.45, 2.75) is 95.9 Å². The lowest BCUT2D eigenvalue weighted by molar-refractivity contribution is -0.132. The van der Waals surface area contributed by atoms with Gasteiger partial charge in [-0.05, 0) is 74.5 Å². The van der Waals surface area contributed by atoms with Gasteiger partial charge in [0.2, 0.25) is 11.8 Å². The highest BCUT2D eigenvalue weighted by atomic mass is 16.2. The minimum absolute atomic E-state index is 0.00515. The lowest BCUT2D eigenvalue weighted by Gasteiger charge is -2.56. The Kier molecular flexibility index (Phi) is 5.56. The van der Waals surface area contributed by atoms with Gasteiger partial charge < -0.3 is 10.6 Å². The molecule has 2 amide bonds. The largest absolute Gasteiger partial charge is 0.352 e. The Bertz CT molecular complexity index is 487. The van der Waals surface area contributed by atoms with E-state index in [9.17, 15) is 9.59 Å². The number of carbonyl (C=O) groups is 2. The second kappa shape index (κ2) is 7.90. The minimum Gasteiger partial charge on any atom is -0.352 e.